The van der Waals surface area contributed by atoms with Crippen molar-refractivity contribution >= 4 is 33.2 Å². The molecule has 1 heterocycles. The molecule has 0 N–H and O–H groups in total. The van der Waals surface area contributed by atoms with Crippen LogP contribution in [0.4, 0.5) is 15.8 Å². The Morgan fingerprint density at radius 2 is 1.75 bits per heavy atom. The van der Waals surface area contributed by atoms with E-state index >= 15 is 0 Å². The van der Waals surface area contributed by atoms with Gasteiger partial charge in [0.15, 0.2) is 4.91 Å². The lowest BCUT2D eigenvalue weighted by molar-refractivity contribution is -0.135. The second-order valence-corrected chi connectivity index (χ2v) is 7.62. The number of sulfone groups is 1. The summed E-state index contributed by atoms with van der Waals surface area (Å²) in [6.07, 6.45) is 1.11. The standard InChI is InChI=1S/C19H16FNO6S/c1-3-27-18(22)12-4-7-14(8-5-12)21-11-17(19(23)26-2)28(24,25)16-10-13(20)6-9-15(16)21/h4-11H,3H2,1-2H3. The molecule has 2 aromatic rings. The van der Waals surface area contributed by atoms with Gasteiger partial charge in [0.25, 0.3) is 0 Å². The number of nitrogens with zero attached hydrogens (tertiary/aromatic N) is 1. The van der Waals surface area contributed by atoms with Crippen LogP contribution in [0.5, 0.6) is 0 Å². The number of halogens is 1. The van der Waals surface area contributed by atoms with Crippen LogP contribution in [0, 0.1) is 5.82 Å². The van der Waals surface area contributed by atoms with E-state index in [1.165, 1.54) is 23.1 Å². The summed E-state index contributed by atoms with van der Waals surface area (Å²) in [7, 11) is -3.20. The Bertz CT molecular complexity index is 1080. The summed E-state index contributed by atoms with van der Waals surface area (Å²) in [4.78, 5) is 24.3. The van der Waals surface area contributed by atoms with Crippen LogP contribution >= 0.6 is 0 Å². The van der Waals surface area contributed by atoms with E-state index in [9.17, 15) is 22.4 Å². The molecule has 7 nitrogen and oxygen atoms in total. The first-order chi connectivity index (χ1) is 13.3. The molecule has 0 aromatic heterocycles. The van der Waals surface area contributed by atoms with Crippen LogP contribution in [-0.2, 0) is 24.1 Å². The zero-order valence-corrected chi connectivity index (χ0v) is 15.8. The molecule has 1 aliphatic heterocycles. The predicted octanol–water partition coefficient (Wildman–Crippen LogP) is 2.94. The van der Waals surface area contributed by atoms with Crippen molar-refractivity contribution in [3.05, 3.63) is 65.0 Å². The van der Waals surface area contributed by atoms with Gasteiger partial charge in [-0.3, -0.25) is 0 Å². The molecule has 0 spiro atoms. The van der Waals surface area contributed by atoms with Gasteiger partial charge in [-0.15, -0.1) is 0 Å². The number of hydrogen-bond donors (Lipinski definition) is 0. The van der Waals surface area contributed by atoms with Crippen LogP contribution in [0.25, 0.3) is 0 Å². The molecule has 0 amide bonds. The molecule has 0 aliphatic carbocycles. The van der Waals surface area contributed by atoms with Gasteiger partial charge in [-0.25, -0.2) is 22.4 Å². The molecule has 0 fully saturated rings. The maximum absolute atomic E-state index is 13.7. The number of rotatable bonds is 4. The Labute approximate surface area is 160 Å². The van der Waals surface area contributed by atoms with Crippen molar-refractivity contribution in [3.63, 3.8) is 0 Å². The summed E-state index contributed by atoms with van der Waals surface area (Å²) in [5.74, 6) is -2.32. The second-order valence-electron chi connectivity index (χ2n) is 5.74. The van der Waals surface area contributed by atoms with Gasteiger partial charge in [0.05, 0.1) is 29.9 Å². The normalized spacial score (nSPS) is 14.7. The summed E-state index contributed by atoms with van der Waals surface area (Å²) in [5.41, 5.74) is 0.932. The first kappa shape index (κ1) is 19.6. The second kappa shape index (κ2) is 7.43. The summed E-state index contributed by atoms with van der Waals surface area (Å²) >= 11 is 0. The fourth-order valence-electron chi connectivity index (χ4n) is 2.73. The van der Waals surface area contributed by atoms with Crippen LogP contribution in [0.15, 0.2) is 58.5 Å². The number of ether oxygens (including phenoxy) is 2. The summed E-state index contributed by atoms with van der Waals surface area (Å²) in [6.45, 7) is 1.92. The lowest BCUT2D eigenvalue weighted by atomic mass is 10.1. The van der Waals surface area contributed by atoms with E-state index in [2.05, 4.69) is 4.74 Å². The zero-order valence-electron chi connectivity index (χ0n) is 15.0. The third-order valence-electron chi connectivity index (χ3n) is 4.05. The number of anilines is 2. The van der Waals surface area contributed by atoms with Crippen molar-refractivity contribution in [1.82, 2.24) is 0 Å². The minimum absolute atomic E-state index is 0.165. The topological polar surface area (TPSA) is 90.0 Å². The Morgan fingerprint density at radius 3 is 2.36 bits per heavy atom. The molecular formula is C19H16FNO6S. The Morgan fingerprint density at radius 1 is 1.07 bits per heavy atom. The van der Waals surface area contributed by atoms with Crippen molar-refractivity contribution in [3.8, 4) is 0 Å². The molecule has 0 unspecified atom stereocenters. The molecule has 9 heteroatoms. The van der Waals surface area contributed by atoms with Crippen molar-refractivity contribution in [2.75, 3.05) is 18.6 Å². The van der Waals surface area contributed by atoms with Crippen LogP contribution in [-0.4, -0.2) is 34.1 Å². The number of carbonyl (C=O) groups excluding carboxylic acids is 2. The van der Waals surface area contributed by atoms with E-state index in [0.717, 1.165) is 25.4 Å². The summed E-state index contributed by atoms with van der Waals surface area (Å²) in [6, 6.07) is 9.39. The van der Waals surface area contributed by atoms with Crippen molar-refractivity contribution in [2.24, 2.45) is 0 Å². The van der Waals surface area contributed by atoms with E-state index < -0.39 is 32.5 Å². The average Bonchev–Trinajstić information content (AvgIpc) is 2.68. The molecule has 0 radical (unpaired) electrons. The third kappa shape index (κ3) is 3.36. The Hall–Kier alpha value is -3.20. The number of fused-ring (bicyclic) bond motifs is 1. The number of hydrogen-bond acceptors (Lipinski definition) is 7. The van der Waals surface area contributed by atoms with Gasteiger partial charge < -0.3 is 14.4 Å². The molecule has 0 atom stereocenters. The Balaban J connectivity index is 2.14. The molecule has 1 aliphatic rings. The molecule has 0 bridgehead atoms. The lowest BCUT2D eigenvalue weighted by Gasteiger charge is -2.28. The quantitative estimate of drug-likeness (QED) is 0.723. The van der Waals surface area contributed by atoms with Gasteiger partial charge in [-0.1, -0.05) is 0 Å². The predicted molar refractivity (Wildman–Crippen MR) is 98.2 cm³/mol. The number of methoxy groups -OCH3 is 1. The highest BCUT2D eigenvalue weighted by Crippen LogP contribution is 2.40. The van der Waals surface area contributed by atoms with E-state index in [1.807, 2.05) is 0 Å². The van der Waals surface area contributed by atoms with Crippen LogP contribution in [0.1, 0.15) is 17.3 Å². The maximum atomic E-state index is 13.7. The minimum atomic E-state index is -4.26. The van der Waals surface area contributed by atoms with Gasteiger partial charge in [-0.2, -0.15) is 0 Å². The van der Waals surface area contributed by atoms with Crippen molar-refractivity contribution in [1.29, 1.82) is 0 Å². The van der Waals surface area contributed by atoms with E-state index in [-0.39, 0.29) is 17.2 Å². The minimum Gasteiger partial charge on any atom is -0.465 e. The largest absolute Gasteiger partial charge is 0.465 e. The van der Waals surface area contributed by atoms with Crippen molar-refractivity contribution < 1.29 is 31.9 Å². The maximum Gasteiger partial charge on any atom is 0.351 e. The molecule has 0 saturated heterocycles. The van der Waals surface area contributed by atoms with Gasteiger partial charge in [0.1, 0.15) is 5.82 Å². The summed E-state index contributed by atoms with van der Waals surface area (Å²) in [5, 5.41) is 0. The molecule has 2 aromatic carbocycles. The molecule has 28 heavy (non-hydrogen) atoms. The van der Waals surface area contributed by atoms with E-state index in [4.69, 9.17) is 4.74 Å². The van der Waals surface area contributed by atoms with Gasteiger partial charge in [0.2, 0.25) is 9.84 Å². The zero-order chi connectivity index (χ0) is 20.5. The highest BCUT2D eigenvalue weighted by molar-refractivity contribution is 7.96. The fraction of sp³-hybridized carbons (Fsp3) is 0.158. The van der Waals surface area contributed by atoms with E-state index in [0.29, 0.717) is 11.3 Å². The first-order valence-corrected chi connectivity index (χ1v) is 9.69. The Kier molecular flexibility index (Phi) is 5.19. The molecule has 0 saturated carbocycles. The molecule has 3 rings (SSSR count). The number of carbonyl (C=O) groups is 2. The number of benzene rings is 2. The fourth-order valence-corrected chi connectivity index (χ4v) is 4.22. The highest BCUT2D eigenvalue weighted by atomic mass is 32.2. The lowest BCUT2D eigenvalue weighted by Crippen LogP contribution is -2.26. The van der Waals surface area contributed by atoms with Gasteiger partial charge in [-0.05, 0) is 49.4 Å². The van der Waals surface area contributed by atoms with Crippen LogP contribution in [0.3, 0.4) is 0 Å². The monoisotopic (exact) mass is 405 g/mol. The summed E-state index contributed by atoms with van der Waals surface area (Å²) < 4.78 is 48.7. The third-order valence-corrected chi connectivity index (χ3v) is 5.81. The molecule has 146 valence electrons. The van der Waals surface area contributed by atoms with Gasteiger partial charge >= 0.3 is 11.9 Å². The van der Waals surface area contributed by atoms with Crippen molar-refractivity contribution in [2.45, 2.75) is 11.8 Å². The average molecular weight is 405 g/mol. The van der Waals surface area contributed by atoms with E-state index in [1.54, 1.807) is 19.1 Å². The molecular weight excluding hydrogens is 389 g/mol. The highest BCUT2D eigenvalue weighted by Gasteiger charge is 2.37. The first-order valence-electron chi connectivity index (χ1n) is 8.20. The SMILES string of the molecule is CCOC(=O)c1ccc(N2C=C(C(=O)OC)S(=O)(=O)c3cc(F)ccc32)cc1. The smallest absolute Gasteiger partial charge is 0.351 e. The van der Waals surface area contributed by atoms with Crippen LogP contribution in [0.2, 0.25) is 0 Å². The van der Waals surface area contributed by atoms with Gasteiger partial charge in [0, 0.05) is 11.9 Å². The number of esters is 2. The van der Waals surface area contributed by atoms with Crippen LogP contribution < -0.4 is 4.90 Å².